The van der Waals surface area contributed by atoms with Crippen molar-refractivity contribution in [1.29, 1.82) is 0 Å². The van der Waals surface area contributed by atoms with Crippen LogP contribution >= 0.6 is 0 Å². The number of benzene rings is 3. The highest BCUT2D eigenvalue weighted by atomic mass is 19.1. The highest BCUT2D eigenvalue weighted by Crippen LogP contribution is 2.38. The number of rotatable bonds is 7. The van der Waals surface area contributed by atoms with E-state index in [0.717, 1.165) is 17.5 Å². The summed E-state index contributed by atoms with van der Waals surface area (Å²) in [5.74, 6) is 0.969. The van der Waals surface area contributed by atoms with E-state index in [2.05, 4.69) is 22.4 Å². The number of ether oxygens (including phenoxy) is 1. The Hall–Kier alpha value is -4.46. The number of hydrogen-bond acceptors (Lipinski definition) is 5. The molecule has 1 atom stereocenters. The number of amides is 2. The number of carbonyl (C=O) groups is 1. The van der Waals surface area contributed by atoms with Crippen LogP contribution in [0.3, 0.4) is 0 Å². The number of hydrogen-bond donors (Lipinski definition) is 1. The predicted molar refractivity (Wildman–Crippen MR) is 138 cm³/mol. The minimum atomic E-state index is -0.492. The monoisotopic (exact) mass is 498 g/mol. The Morgan fingerprint density at radius 3 is 2.49 bits per heavy atom. The van der Waals surface area contributed by atoms with Gasteiger partial charge in [-0.25, -0.2) is 9.18 Å². The molecule has 0 saturated heterocycles. The number of methoxy groups -OCH3 is 1. The summed E-state index contributed by atoms with van der Waals surface area (Å²) in [5.41, 5.74) is 4.97. The van der Waals surface area contributed by atoms with Gasteiger partial charge in [0.2, 0.25) is 5.82 Å². The first kappa shape index (κ1) is 24.2. The second-order valence-electron chi connectivity index (χ2n) is 8.80. The van der Waals surface area contributed by atoms with Crippen LogP contribution in [0.15, 0.2) is 83.0 Å². The molecule has 7 nitrogen and oxygen atoms in total. The molecule has 37 heavy (non-hydrogen) atoms. The molecule has 0 spiro atoms. The van der Waals surface area contributed by atoms with Crippen LogP contribution in [0, 0.1) is 5.82 Å². The van der Waals surface area contributed by atoms with E-state index >= 15 is 0 Å². The Morgan fingerprint density at radius 2 is 1.78 bits per heavy atom. The number of urea groups is 1. The molecule has 0 saturated carbocycles. The highest BCUT2D eigenvalue weighted by molar-refractivity contribution is 5.87. The Bertz CT molecular complexity index is 1440. The van der Waals surface area contributed by atoms with E-state index in [1.54, 1.807) is 24.1 Å². The average molecular weight is 499 g/mol. The SMILES string of the molecule is CCc1ccc(C2NC(=O)N(Cc3ccccc3OC)C(C)=C2c2nc(-c3ccc(F)cc3)no2)cc1. The Kier molecular flexibility index (Phi) is 6.72. The maximum Gasteiger partial charge on any atom is 0.322 e. The summed E-state index contributed by atoms with van der Waals surface area (Å²) in [7, 11) is 1.61. The summed E-state index contributed by atoms with van der Waals surface area (Å²) in [4.78, 5) is 19.7. The van der Waals surface area contributed by atoms with Crippen LogP contribution < -0.4 is 10.1 Å². The van der Waals surface area contributed by atoms with Crippen LogP contribution in [-0.4, -0.2) is 28.2 Å². The van der Waals surface area contributed by atoms with Crippen molar-refractivity contribution in [2.24, 2.45) is 0 Å². The fraction of sp³-hybridized carbons (Fsp3) is 0.207. The molecule has 1 aliphatic heterocycles. The second kappa shape index (κ2) is 10.3. The highest BCUT2D eigenvalue weighted by Gasteiger charge is 2.36. The summed E-state index contributed by atoms with van der Waals surface area (Å²) in [5, 5.41) is 7.27. The van der Waals surface area contributed by atoms with Gasteiger partial charge in [-0.05, 0) is 54.8 Å². The normalized spacial score (nSPS) is 15.6. The molecule has 0 aliphatic carbocycles. The van der Waals surface area contributed by atoms with Crippen molar-refractivity contribution in [2.45, 2.75) is 32.9 Å². The van der Waals surface area contributed by atoms with Gasteiger partial charge in [0.25, 0.3) is 5.89 Å². The zero-order valence-electron chi connectivity index (χ0n) is 20.9. The largest absolute Gasteiger partial charge is 0.496 e. The molecule has 1 aliphatic rings. The molecule has 0 fully saturated rings. The van der Waals surface area contributed by atoms with Gasteiger partial charge < -0.3 is 14.6 Å². The van der Waals surface area contributed by atoms with Crippen molar-refractivity contribution >= 4 is 11.6 Å². The number of carbonyl (C=O) groups excluding carboxylic acids is 1. The van der Waals surface area contributed by atoms with Crippen LogP contribution in [0.25, 0.3) is 17.0 Å². The van der Waals surface area contributed by atoms with Crippen molar-refractivity contribution in [3.8, 4) is 17.1 Å². The van der Waals surface area contributed by atoms with E-state index in [9.17, 15) is 9.18 Å². The minimum Gasteiger partial charge on any atom is -0.496 e. The zero-order chi connectivity index (χ0) is 25.9. The van der Waals surface area contributed by atoms with E-state index in [0.29, 0.717) is 35.0 Å². The van der Waals surface area contributed by atoms with Crippen LogP contribution in [0.5, 0.6) is 5.75 Å². The molecule has 8 heteroatoms. The van der Waals surface area contributed by atoms with Crippen molar-refractivity contribution < 1.29 is 18.4 Å². The summed E-state index contributed by atoms with van der Waals surface area (Å²) in [6.45, 7) is 4.27. The van der Waals surface area contributed by atoms with Crippen LogP contribution in [0.4, 0.5) is 9.18 Å². The minimum absolute atomic E-state index is 0.241. The van der Waals surface area contributed by atoms with E-state index in [1.165, 1.54) is 17.7 Å². The molecule has 2 amide bonds. The fourth-order valence-electron chi connectivity index (χ4n) is 4.50. The first-order valence-corrected chi connectivity index (χ1v) is 12.1. The lowest BCUT2D eigenvalue weighted by Crippen LogP contribution is -2.45. The molecule has 188 valence electrons. The molecule has 1 N–H and O–H groups in total. The smallest absolute Gasteiger partial charge is 0.322 e. The standard InChI is InChI=1S/C29H27FN4O3/c1-4-19-9-11-20(12-10-19)26-25(28-32-27(33-37-28)21-13-15-23(30)16-14-21)18(2)34(29(35)31-26)17-22-7-5-6-8-24(22)36-3/h5-16,26H,4,17H2,1-3H3,(H,31,35). The van der Waals surface area contributed by atoms with Crippen molar-refractivity contribution in [3.05, 3.63) is 107 Å². The van der Waals surface area contributed by atoms with Gasteiger partial charge in [0.15, 0.2) is 0 Å². The third-order valence-corrected chi connectivity index (χ3v) is 6.60. The number of aromatic nitrogens is 2. The second-order valence-corrected chi connectivity index (χ2v) is 8.80. The van der Waals surface area contributed by atoms with Crippen molar-refractivity contribution in [1.82, 2.24) is 20.4 Å². The number of aryl methyl sites for hydroxylation is 1. The molecular formula is C29H27FN4O3. The number of halogens is 1. The molecule has 1 unspecified atom stereocenters. The summed E-state index contributed by atoms with van der Waals surface area (Å²) in [6.07, 6.45) is 0.913. The third-order valence-electron chi connectivity index (χ3n) is 6.60. The summed E-state index contributed by atoms with van der Waals surface area (Å²) < 4.78 is 24.6. The lowest BCUT2D eigenvalue weighted by Gasteiger charge is -2.35. The third kappa shape index (κ3) is 4.82. The molecule has 2 heterocycles. The van der Waals surface area contributed by atoms with Gasteiger partial charge in [-0.2, -0.15) is 4.98 Å². The van der Waals surface area contributed by atoms with E-state index in [-0.39, 0.29) is 17.7 Å². The number of para-hydroxylation sites is 1. The average Bonchev–Trinajstić information content (AvgIpc) is 3.41. The van der Waals surface area contributed by atoms with Crippen LogP contribution in [0.1, 0.15) is 42.5 Å². The van der Waals surface area contributed by atoms with E-state index < -0.39 is 6.04 Å². The number of nitrogens with zero attached hydrogens (tertiary/aromatic N) is 3. The first-order valence-electron chi connectivity index (χ1n) is 12.1. The van der Waals surface area contributed by atoms with Crippen LogP contribution in [0.2, 0.25) is 0 Å². The maximum absolute atomic E-state index is 13.4. The van der Waals surface area contributed by atoms with E-state index in [4.69, 9.17) is 9.26 Å². The maximum atomic E-state index is 13.4. The number of nitrogens with one attached hydrogen (secondary N) is 1. The Balaban J connectivity index is 1.59. The van der Waals surface area contributed by atoms with Gasteiger partial charge in [-0.1, -0.05) is 54.5 Å². The van der Waals surface area contributed by atoms with Crippen molar-refractivity contribution in [2.75, 3.05) is 7.11 Å². The molecule has 4 aromatic rings. The Morgan fingerprint density at radius 1 is 1.05 bits per heavy atom. The lowest BCUT2D eigenvalue weighted by molar-refractivity contribution is 0.202. The lowest BCUT2D eigenvalue weighted by atomic mass is 9.93. The van der Waals surface area contributed by atoms with Crippen molar-refractivity contribution in [3.63, 3.8) is 0 Å². The molecule has 3 aromatic carbocycles. The van der Waals surface area contributed by atoms with Gasteiger partial charge in [-0.3, -0.25) is 4.90 Å². The summed E-state index contributed by atoms with van der Waals surface area (Å²) in [6, 6.07) is 20.9. The quantitative estimate of drug-likeness (QED) is 0.331. The molecule has 5 rings (SSSR count). The zero-order valence-corrected chi connectivity index (χ0v) is 20.9. The predicted octanol–water partition coefficient (Wildman–Crippen LogP) is 6.14. The van der Waals surface area contributed by atoms with Gasteiger partial charge in [0.05, 0.1) is 25.3 Å². The fourth-order valence-corrected chi connectivity index (χ4v) is 4.50. The number of allylic oxidation sites excluding steroid dienone is 1. The van der Waals surface area contributed by atoms with Gasteiger partial charge in [0.1, 0.15) is 11.6 Å². The topological polar surface area (TPSA) is 80.5 Å². The van der Waals surface area contributed by atoms with Gasteiger partial charge in [-0.15, -0.1) is 0 Å². The molecule has 0 bridgehead atoms. The first-order chi connectivity index (χ1) is 18.0. The molecule has 1 aromatic heterocycles. The van der Waals surface area contributed by atoms with Gasteiger partial charge >= 0.3 is 6.03 Å². The van der Waals surface area contributed by atoms with Crippen LogP contribution in [-0.2, 0) is 13.0 Å². The molecular weight excluding hydrogens is 471 g/mol. The Labute approximate surface area is 214 Å². The van der Waals surface area contributed by atoms with E-state index in [1.807, 2.05) is 55.5 Å². The van der Waals surface area contributed by atoms with Gasteiger partial charge in [0, 0.05) is 16.8 Å². The summed E-state index contributed by atoms with van der Waals surface area (Å²) >= 11 is 0. The molecule has 0 radical (unpaired) electrons.